The van der Waals surface area contributed by atoms with Gasteiger partial charge in [0.05, 0.1) is 6.54 Å². The molecule has 1 saturated heterocycles. The highest BCUT2D eigenvalue weighted by molar-refractivity contribution is 7.98. The minimum Gasteiger partial charge on any atom is -0.410 e. The lowest BCUT2D eigenvalue weighted by molar-refractivity contribution is -0.678. The summed E-state index contributed by atoms with van der Waals surface area (Å²) in [5, 5.41) is 11.3. The Morgan fingerprint density at radius 2 is 2.26 bits per heavy atom. The number of thioether (sulfide) groups is 1. The van der Waals surface area contributed by atoms with Crippen LogP contribution in [0.4, 0.5) is 0 Å². The molecule has 0 unspecified atom stereocenters. The van der Waals surface area contributed by atoms with E-state index in [0.717, 1.165) is 18.1 Å². The van der Waals surface area contributed by atoms with Gasteiger partial charge in [-0.2, -0.15) is 0 Å². The first-order chi connectivity index (χ1) is 9.33. The van der Waals surface area contributed by atoms with E-state index in [0.29, 0.717) is 11.3 Å². The molecule has 0 amide bonds. The van der Waals surface area contributed by atoms with Crippen molar-refractivity contribution < 1.29 is 9.73 Å². The Hall–Kier alpha value is -1.33. The van der Waals surface area contributed by atoms with Crippen molar-refractivity contribution in [2.45, 2.75) is 36.8 Å². The molecule has 0 saturated carbocycles. The molecule has 5 heteroatoms. The highest BCUT2D eigenvalue weighted by Crippen LogP contribution is 2.25. The smallest absolute Gasteiger partial charge is 0.277 e. The molecule has 4 nitrogen and oxygen atoms in total. The van der Waals surface area contributed by atoms with Crippen LogP contribution in [0.25, 0.3) is 0 Å². The van der Waals surface area contributed by atoms with Crippen LogP contribution in [0, 0.1) is 6.92 Å². The maximum Gasteiger partial charge on any atom is 0.277 e. The van der Waals surface area contributed by atoms with Gasteiger partial charge in [0, 0.05) is 18.6 Å². The Labute approximate surface area is 117 Å². The van der Waals surface area contributed by atoms with Crippen LogP contribution in [-0.2, 0) is 5.75 Å². The molecule has 2 N–H and O–H groups in total. The third-order valence-corrected chi connectivity index (χ3v) is 4.39. The molecule has 1 aliphatic heterocycles. The summed E-state index contributed by atoms with van der Waals surface area (Å²) in [6, 6.07) is 8.77. The summed E-state index contributed by atoms with van der Waals surface area (Å²) in [4.78, 5) is 0. The van der Waals surface area contributed by atoms with Crippen molar-refractivity contribution in [1.82, 2.24) is 10.2 Å². The van der Waals surface area contributed by atoms with Crippen molar-refractivity contribution in [2.75, 3.05) is 6.54 Å². The second kappa shape index (κ2) is 5.75. The molecule has 0 radical (unpaired) electrons. The predicted molar refractivity (Wildman–Crippen MR) is 73.8 cm³/mol. The molecule has 100 valence electrons. The number of aryl methyl sites for hydroxylation is 1. The number of benzene rings is 1. The lowest BCUT2D eigenvalue weighted by Gasteiger charge is -2.02. The molecule has 1 atom stereocenters. The van der Waals surface area contributed by atoms with Gasteiger partial charge in [-0.25, -0.2) is 0 Å². The fourth-order valence-electron chi connectivity index (χ4n) is 2.34. The Balaban J connectivity index is 1.63. The van der Waals surface area contributed by atoms with Crippen molar-refractivity contribution >= 4 is 11.8 Å². The zero-order valence-corrected chi connectivity index (χ0v) is 11.8. The molecule has 2 heterocycles. The van der Waals surface area contributed by atoms with E-state index in [1.807, 2.05) is 0 Å². The van der Waals surface area contributed by atoms with Crippen LogP contribution in [0.1, 0.15) is 35.9 Å². The Morgan fingerprint density at radius 3 is 3.05 bits per heavy atom. The highest BCUT2D eigenvalue weighted by atomic mass is 32.2. The first-order valence-corrected chi connectivity index (χ1v) is 7.65. The first kappa shape index (κ1) is 12.7. The number of quaternary nitrogens is 1. The molecule has 19 heavy (non-hydrogen) atoms. The SMILES string of the molecule is Cc1ccccc1CSc1nnc([C@@H]2CCC[NH2+]2)o1. The van der Waals surface area contributed by atoms with Gasteiger partial charge in [-0.05, 0) is 18.1 Å². The fraction of sp³-hybridized carbons (Fsp3) is 0.429. The maximum absolute atomic E-state index is 5.74. The third-order valence-electron chi connectivity index (χ3n) is 3.52. The molecule has 3 rings (SSSR count). The second-order valence-corrected chi connectivity index (χ2v) is 5.82. The van der Waals surface area contributed by atoms with Crippen LogP contribution in [0.5, 0.6) is 0 Å². The van der Waals surface area contributed by atoms with Crippen molar-refractivity contribution in [2.24, 2.45) is 0 Å². The largest absolute Gasteiger partial charge is 0.410 e. The zero-order chi connectivity index (χ0) is 13.1. The number of nitrogens with zero attached hydrogens (tertiary/aromatic N) is 2. The Kier molecular flexibility index (Phi) is 3.84. The summed E-state index contributed by atoms with van der Waals surface area (Å²) in [6.07, 6.45) is 2.38. The van der Waals surface area contributed by atoms with Gasteiger partial charge in [-0.3, -0.25) is 0 Å². The van der Waals surface area contributed by atoms with Crippen LogP contribution >= 0.6 is 11.8 Å². The number of nitrogens with two attached hydrogens (primary N) is 1. The van der Waals surface area contributed by atoms with Crippen LogP contribution in [0.3, 0.4) is 0 Å². The van der Waals surface area contributed by atoms with Gasteiger partial charge in [-0.1, -0.05) is 36.0 Å². The number of hydrogen-bond donors (Lipinski definition) is 1. The minimum absolute atomic E-state index is 0.375. The summed E-state index contributed by atoms with van der Waals surface area (Å²) in [5.74, 6) is 1.66. The summed E-state index contributed by atoms with van der Waals surface area (Å²) in [7, 11) is 0. The molecule has 1 aromatic carbocycles. The maximum atomic E-state index is 5.74. The molecule has 0 spiro atoms. The van der Waals surface area contributed by atoms with E-state index in [2.05, 4.69) is 46.7 Å². The van der Waals surface area contributed by atoms with Crippen LogP contribution < -0.4 is 5.32 Å². The Morgan fingerprint density at radius 1 is 1.37 bits per heavy atom. The zero-order valence-electron chi connectivity index (χ0n) is 11.0. The van der Waals surface area contributed by atoms with Crippen LogP contribution in [0.2, 0.25) is 0 Å². The Bertz CT molecular complexity index is 549. The van der Waals surface area contributed by atoms with E-state index in [4.69, 9.17) is 4.42 Å². The second-order valence-electron chi connectivity index (χ2n) is 4.89. The monoisotopic (exact) mass is 276 g/mol. The average molecular weight is 276 g/mol. The van der Waals surface area contributed by atoms with Crippen molar-refractivity contribution in [3.63, 3.8) is 0 Å². The van der Waals surface area contributed by atoms with E-state index in [-0.39, 0.29) is 0 Å². The van der Waals surface area contributed by atoms with Crippen molar-refractivity contribution in [1.29, 1.82) is 0 Å². The van der Waals surface area contributed by atoms with E-state index < -0.39 is 0 Å². The highest BCUT2D eigenvalue weighted by Gasteiger charge is 2.26. The van der Waals surface area contributed by atoms with Gasteiger partial charge in [0.25, 0.3) is 11.1 Å². The number of hydrogen-bond acceptors (Lipinski definition) is 4. The standard InChI is InChI=1S/C14H17N3OS/c1-10-5-2-3-6-11(10)9-19-14-17-16-13(18-14)12-7-4-8-15-12/h2-3,5-6,12,15H,4,7-9H2,1H3/p+1/t12-/m0/s1. The summed E-state index contributed by atoms with van der Waals surface area (Å²) in [6.45, 7) is 3.29. The normalized spacial score (nSPS) is 18.9. The number of rotatable bonds is 4. The van der Waals surface area contributed by atoms with Gasteiger partial charge in [0.1, 0.15) is 0 Å². The molecule has 2 aromatic rings. The summed E-state index contributed by atoms with van der Waals surface area (Å²) in [5.41, 5.74) is 2.62. The van der Waals surface area contributed by atoms with Gasteiger partial charge in [0.15, 0.2) is 6.04 Å². The third kappa shape index (κ3) is 2.98. The van der Waals surface area contributed by atoms with Gasteiger partial charge >= 0.3 is 0 Å². The van der Waals surface area contributed by atoms with E-state index in [1.54, 1.807) is 11.8 Å². The lowest BCUT2D eigenvalue weighted by atomic mass is 10.1. The molecule has 0 bridgehead atoms. The van der Waals surface area contributed by atoms with Crippen molar-refractivity contribution in [3.05, 3.63) is 41.3 Å². The topological polar surface area (TPSA) is 55.5 Å². The quantitative estimate of drug-likeness (QED) is 0.869. The molecule has 1 aromatic heterocycles. The molecular weight excluding hydrogens is 258 g/mol. The van der Waals surface area contributed by atoms with Crippen LogP contribution in [0.15, 0.2) is 33.9 Å². The average Bonchev–Trinajstić information content (AvgIpc) is 3.09. The lowest BCUT2D eigenvalue weighted by Crippen LogP contribution is -2.81. The van der Waals surface area contributed by atoms with Crippen LogP contribution in [-0.4, -0.2) is 16.7 Å². The number of aromatic nitrogens is 2. The first-order valence-electron chi connectivity index (χ1n) is 6.67. The van der Waals surface area contributed by atoms with Gasteiger partial charge < -0.3 is 9.73 Å². The minimum atomic E-state index is 0.375. The summed E-state index contributed by atoms with van der Waals surface area (Å²) >= 11 is 1.61. The van der Waals surface area contributed by atoms with E-state index >= 15 is 0 Å². The summed E-state index contributed by atoms with van der Waals surface area (Å²) < 4.78 is 5.74. The molecular formula is C14H18N3OS+. The fourth-order valence-corrected chi connectivity index (χ4v) is 3.18. The van der Waals surface area contributed by atoms with E-state index in [9.17, 15) is 0 Å². The van der Waals surface area contributed by atoms with E-state index in [1.165, 1.54) is 24.1 Å². The molecule has 0 aliphatic carbocycles. The predicted octanol–water partition coefficient (Wildman–Crippen LogP) is 2.07. The molecule has 1 aliphatic rings. The van der Waals surface area contributed by atoms with Gasteiger partial charge in [-0.15, -0.1) is 10.2 Å². The molecule has 1 fully saturated rings. The van der Waals surface area contributed by atoms with Crippen molar-refractivity contribution in [3.8, 4) is 0 Å². The van der Waals surface area contributed by atoms with Gasteiger partial charge in [0.2, 0.25) is 0 Å².